The molecule has 0 spiro atoms. The molecule has 220 valence electrons. The van der Waals surface area contributed by atoms with Gasteiger partial charge in [-0.25, -0.2) is 28.0 Å². The largest absolute Gasteiger partial charge is 0.522 e. The lowest BCUT2D eigenvalue weighted by Crippen LogP contribution is -2.51. The number of hydrogen-bond acceptors (Lipinski definition) is 9. The van der Waals surface area contributed by atoms with Crippen molar-refractivity contribution in [3.05, 3.63) is 0 Å². The van der Waals surface area contributed by atoms with Crippen molar-refractivity contribution >= 4 is 23.9 Å². The fourth-order valence-electron chi connectivity index (χ4n) is 2.08. The van der Waals surface area contributed by atoms with Gasteiger partial charge in [-0.2, -0.15) is 35.1 Å². The third kappa shape index (κ3) is 7.65. The van der Waals surface area contributed by atoms with E-state index < -0.39 is 91.9 Å². The minimum atomic E-state index is -5.73. The molecule has 2 aliphatic heterocycles. The summed E-state index contributed by atoms with van der Waals surface area (Å²) in [6.07, 6.45) is -29.4. The predicted molar refractivity (Wildman–Crippen MR) is 83.8 cm³/mol. The molecule has 0 amide bonds. The first-order valence-electron chi connectivity index (χ1n) is 9.26. The molecular formula is C16H11F13O9. The Labute approximate surface area is 200 Å². The monoisotopic (exact) mass is 594 g/mol. The number of rotatable bonds is 9. The van der Waals surface area contributed by atoms with Crippen molar-refractivity contribution in [2.24, 2.45) is 0 Å². The van der Waals surface area contributed by atoms with Gasteiger partial charge in [-0.1, -0.05) is 6.92 Å². The zero-order valence-corrected chi connectivity index (χ0v) is 17.8. The highest BCUT2D eigenvalue weighted by atomic mass is 19.4. The molecule has 0 aromatic heterocycles. The van der Waals surface area contributed by atoms with Crippen LogP contribution in [0.3, 0.4) is 0 Å². The van der Waals surface area contributed by atoms with Crippen LogP contribution in [0.15, 0.2) is 0 Å². The Kier molecular flexibility index (Phi) is 9.77. The van der Waals surface area contributed by atoms with E-state index in [9.17, 15) is 76.3 Å². The summed E-state index contributed by atoms with van der Waals surface area (Å²) in [7, 11) is 0. The van der Waals surface area contributed by atoms with Gasteiger partial charge in [0.15, 0.2) is 0 Å². The third-order valence-electron chi connectivity index (χ3n) is 4.11. The predicted octanol–water partition coefficient (Wildman–Crippen LogP) is 2.99. The van der Waals surface area contributed by atoms with Crippen molar-refractivity contribution in [3.63, 3.8) is 0 Å². The number of alkyl halides is 13. The summed E-state index contributed by atoms with van der Waals surface area (Å²) >= 11 is 0. The SMILES string of the molecule is CCC(F)(F)C(F)(F)O[C@@H]1C(=O)OC(=O)[C@@H]1F.O=C1OC(=O)[C@@H](F)C1OC(F)(F)C(F)(F)COC(F)(F)F. The van der Waals surface area contributed by atoms with E-state index in [0.29, 0.717) is 0 Å². The number of cyclic esters (lactones) is 4. The minimum absolute atomic E-state index is 0.752. The molecule has 2 rings (SSSR count). The zero-order chi connectivity index (χ0) is 30.1. The van der Waals surface area contributed by atoms with Gasteiger partial charge in [-0.05, 0) is 0 Å². The Bertz CT molecular complexity index is 921. The van der Waals surface area contributed by atoms with Crippen molar-refractivity contribution in [1.82, 2.24) is 0 Å². The molecule has 0 aliphatic carbocycles. The van der Waals surface area contributed by atoms with Crippen LogP contribution in [0, 0.1) is 0 Å². The number of carbonyl (C=O) groups is 4. The average Bonchev–Trinajstić information content (AvgIpc) is 3.14. The second-order valence-corrected chi connectivity index (χ2v) is 6.89. The van der Waals surface area contributed by atoms with E-state index in [1.165, 1.54) is 0 Å². The minimum Gasteiger partial charge on any atom is -0.389 e. The summed E-state index contributed by atoms with van der Waals surface area (Å²) in [4.78, 5) is 42.4. The van der Waals surface area contributed by atoms with Gasteiger partial charge in [0.2, 0.25) is 24.6 Å². The molecule has 0 aromatic carbocycles. The maximum atomic E-state index is 13.0. The summed E-state index contributed by atoms with van der Waals surface area (Å²) in [5.41, 5.74) is 0. The number of carbonyl (C=O) groups excluding carboxylic acids is 4. The molecule has 2 fully saturated rings. The van der Waals surface area contributed by atoms with E-state index in [4.69, 9.17) is 0 Å². The molecule has 0 radical (unpaired) electrons. The maximum absolute atomic E-state index is 13.0. The highest BCUT2D eigenvalue weighted by Crippen LogP contribution is 2.41. The Morgan fingerprint density at radius 2 is 0.974 bits per heavy atom. The lowest BCUT2D eigenvalue weighted by molar-refractivity contribution is -0.399. The van der Waals surface area contributed by atoms with E-state index in [1.807, 2.05) is 0 Å². The van der Waals surface area contributed by atoms with Crippen LogP contribution >= 0.6 is 0 Å². The van der Waals surface area contributed by atoms with E-state index in [-0.39, 0.29) is 0 Å². The van der Waals surface area contributed by atoms with Gasteiger partial charge in [-0.15, -0.1) is 13.2 Å². The van der Waals surface area contributed by atoms with Crippen LogP contribution < -0.4 is 0 Å². The second kappa shape index (κ2) is 11.2. The number of ether oxygens (including phenoxy) is 5. The van der Waals surface area contributed by atoms with Crippen molar-refractivity contribution in [2.75, 3.05) is 6.61 Å². The first-order valence-corrected chi connectivity index (χ1v) is 9.26. The fourth-order valence-corrected chi connectivity index (χ4v) is 2.08. The lowest BCUT2D eigenvalue weighted by Gasteiger charge is -2.27. The number of halogens is 13. The molecule has 22 heteroatoms. The van der Waals surface area contributed by atoms with Gasteiger partial charge in [0.05, 0.1) is 0 Å². The third-order valence-corrected chi connectivity index (χ3v) is 4.11. The maximum Gasteiger partial charge on any atom is 0.522 e. The molecule has 0 N–H and O–H groups in total. The van der Waals surface area contributed by atoms with Crippen LogP contribution in [-0.2, 0) is 42.9 Å². The van der Waals surface area contributed by atoms with Crippen LogP contribution in [-0.4, -0.2) is 85.5 Å². The van der Waals surface area contributed by atoms with E-state index >= 15 is 0 Å². The number of hydrogen-bond donors (Lipinski definition) is 0. The molecule has 38 heavy (non-hydrogen) atoms. The van der Waals surface area contributed by atoms with Gasteiger partial charge in [-0.3, -0.25) is 14.2 Å². The molecule has 2 saturated heterocycles. The first kappa shape index (κ1) is 33.3. The second-order valence-electron chi connectivity index (χ2n) is 6.89. The molecular weight excluding hydrogens is 583 g/mol. The summed E-state index contributed by atoms with van der Waals surface area (Å²) in [6, 6.07) is 0. The van der Waals surface area contributed by atoms with E-state index in [1.54, 1.807) is 0 Å². The molecule has 9 nitrogen and oxygen atoms in total. The van der Waals surface area contributed by atoms with Gasteiger partial charge in [0, 0.05) is 6.42 Å². The van der Waals surface area contributed by atoms with Crippen molar-refractivity contribution in [2.45, 2.75) is 68.3 Å². The molecule has 2 aliphatic rings. The molecule has 2 heterocycles. The lowest BCUT2D eigenvalue weighted by atomic mass is 10.2. The number of esters is 4. The van der Waals surface area contributed by atoms with Crippen molar-refractivity contribution < 1.29 is 99.9 Å². The van der Waals surface area contributed by atoms with Crippen LogP contribution in [0.1, 0.15) is 13.3 Å². The molecule has 1 unspecified atom stereocenters. The van der Waals surface area contributed by atoms with Crippen LogP contribution in [0.2, 0.25) is 0 Å². The Hall–Kier alpha value is -2.75. The zero-order valence-electron chi connectivity index (χ0n) is 17.8. The van der Waals surface area contributed by atoms with Gasteiger partial charge < -0.3 is 9.47 Å². The summed E-state index contributed by atoms with van der Waals surface area (Å²) in [6.45, 7) is -2.10. The highest BCUT2D eigenvalue weighted by molar-refractivity contribution is 6.00. The first-order chi connectivity index (χ1) is 16.9. The van der Waals surface area contributed by atoms with Crippen molar-refractivity contribution in [3.8, 4) is 0 Å². The van der Waals surface area contributed by atoms with Crippen molar-refractivity contribution in [1.29, 1.82) is 0 Å². The summed E-state index contributed by atoms with van der Waals surface area (Å²) in [5.74, 6) is -17.6. The normalized spacial score (nSPS) is 25.2. The van der Waals surface area contributed by atoms with E-state index in [0.717, 1.165) is 6.92 Å². The molecule has 0 saturated carbocycles. The fraction of sp³-hybridized carbons (Fsp3) is 0.750. The summed E-state index contributed by atoms with van der Waals surface area (Å²) < 4.78 is 179. The smallest absolute Gasteiger partial charge is 0.389 e. The Morgan fingerprint density at radius 3 is 1.24 bits per heavy atom. The van der Waals surface area contributed by atoms with Crippen LogP contribution in [0.25, 0.3) is 0 Å². The van der Waals surface area contributed by atoms with Gasteiger partial charge in [0.1, 0.15) is 6.61 Å². The topological polar surface area (TPSA) is 114 Å². The Balaban J connectivity index is 0.000000389. The average molecular weight is 594 g/mol. The quantitative estimate of drug-likeness (QED) is 0.226. The standard InChI is InChI=1S/C8H4F8O5.C8H7F5O4/c9-2-3(5(18)20-4(2)17)21-7(12,13)6(10,11)1-19-8(14,15)16;1-2-7(10,11)8(12,13)17-4-3(9)5(14)16-6(4)15/h2-3H,1H2;3-4H,2H2,1H3/t2-,3?;3-,4+/m01/s1. The molecule has 4 atom stereocenters. The summed E-state index contributed by atoms with van der Waals surface area (Å²) in [5, 5.41) is 0. The van der Waals surface area contributed by atoms with Gasteiger partial charge >= 0.3 is 54.3 Å². The van der Waals surface area contributed by atoms with Crippen LogP contribution in [0.4, 0.5) is 57.1 Å². The van der Waals surface area contributed by atoms with Crippen LogP contribution in [0.5, 0.6) is 0 Å². The Morgan fingerprint density at radius 1 is 0.632 bits per heavy atom. The molecule has 0 aromatic rings. The van der Waals surface area contributed by atoms with E-state index in [2.05, 4.69) is 23.7 Å². The van der Waals surface area contributed by atoms with Gasteiger partial charge in [0.25, 0.3) is 0 Å². The molecule has 0 bridgehead atoms. The highest BCUT2D eigenvalue weighted by Gasteiger charge is 2.64.